The first kappa shape index (κ1) is 116. The van der Waals surface area contributed by atoms with Gasteiger partial charge in [-0.25, -0.2) is 0 Å². The van der Waals surface area contributed by atoms with Gasteiger partial charge >= 0.3 is 0 Å². The molecule has 0 aliphatic carbocycles. The van der Waals surface area contributed by atoms with Crippen LogP contribution >= 0.6 is 0 Å². The van der Waals surface area contributed by atoms with E-state index >= 15 is 0 Å². The number of ether oxygens (including phenoxy) is 23. The van der Waals surface area contributed by atoms with Crippen LogP contribution in [0.1, 0.15) is 48.5 Å². The van der Waals surface area contributed by atoms with E-state index in [0.717, 1.165) is 41.5 Å². The minimum absolute atomic E-state index is 0.874. The number of aliphatic hydroxyl groups is 31. The first-order valence-electron chi connectivity index (χ1n) is 45.7. The number of rotatable bonds is 35. The Kier molecular flexibility index (Phi) is 41.2. The monoisotopic (exact) mass is 2080 g/mol. The van der Waals surface area contributed by atoms with Gasteiger partial charge in [-0.15, -0.1) is 0 Å². The van der Waals surface area contributed by atoms with E-state index in [9.17, 15) is 177 Å². The van der Waals surface area contributed by atoms with Crippen LogP contribution in [0, 0.1) is 0 Å². The molecule has 0 aromatic heterocycles. The van der Waals surface area contributed by atoms with Crippen LogP contribution in [-0.2, 0) is 128 Å². The Morgan fingerprint density at radius 2 is 0.415 bits per heavy atom. The third kappa shape index (κ3) is 25.2. The first-order valence-corrected chi connectivity index (χ1v) is 45.7. The Morgan fingerprint density at radius 1 is 0.197 bits per heavy atom. The maximum absolute atomic E-state index is 13.7. The highest BCUT2D eigenvalue weighted by Crippen LogP contribution is 2.44. The minimum Gasteiger partial charge on any atom is -0.394 e. The molecule has 142 heavy (non-hydrogen) atoms. The van der Waals surface area contributed by atoms with Crippen molar-refractivity contribution in [2.45, 2.75) is 417 Å². The van der Waals surface area contributed by atoms with Crippen molar-refractivity contribution in [3.8, 4) is 0 Å². The van der Waals surface area contributed by atoms with Gasteiger partial charge in [0, 0.05) is 27.7 Å². The lowest BCUT2D eigenvalue weighted by molar-refractivity contribution is -0.419. The predicted molar refractivity (Wildman–Crippen MR) is 437 cm³/mol. The molecule has 62 nitrogen and oxygen atoms in total. The van der Waals surface area contributed by atoms with Crippen LogP contribution in [0.15, 0.2) is 0 Å². The van der Waals surface area contributed by atoms with Crippen LogP contribution in [0.2, 0.25) is 0 Å². The maximum atomic E-state index is 13.7. The van der Waals surface area contributed by atoms with Gasteiger partial charge in [-0.05, 0) is 20.8 Å². The summed E-state index contributed by atoms with van der Waals surface area (Å²) < 4.78 is 142. The molecule has 0 saturated carbocycles. The van der Waals surface area contributed by atoms with Gasteiger partial charge in [0.25, 0.3) is 0 Å². The number of carbonyl (C=O) groups is 4. The van der Waals surface area contributed by atoms with E-state index in [-0.39, 0.29) is 0 Å². The highest BCUT2D eigenvalue weighted by molar-refractivity contribution is 5.74. The molecule has 12 aliphatic heterocycles. The van der Waals surface area contributed by atoms with Crippen molar-refractivity contribution < 1.29 is 286 Å². The molecule has 62 heteroatoms. The van der Waals surface area contributed by atoms with Crippen molar-refractivity contribution >= 4 is 23.6 Å². The number of hydrogen-bond acceptors (Lipinski definition) is 58. The average molecular weight is 2080 g/mol. The van der Waals surface area contributed by atoms with Gasteiger partial charge in [0.05, 0.1) is 77.8 Å². The van der Waals surface area contributed by atoms with Crippen LogP contribution in [0.5, 0.6) is 0 Å². The normalized spacial score (nSPS) is 50.9. The molecule has 0 aromatic carbocycles. The zero-order chi connectivity index (χ0) is 104. The molecule has 12 aliphatic rings. The summed E-state index contributed by atoms with van der Waals surface area (Å²) in [4.78, 5) is 53.5. The van der Waals surface area contributed by atoms with E-state index in [2.05, 4.69) is 21.3 Å². The van der Waals surface area contributed by atoms with E-state index in [0.29, 0.717) is 0 Å². The molecule has 4 amide bonds. The standard InChI is InChI=1S/C80H134N4O58/c1-17-37(97)49(109)54(114)73(121-17)140-66-63(137-71-35(83-22(6)95)61(43(103)27(11-88)125-71)134-76-57(117)52(112)40(100)24(8-85)127-76)45(105)29(13-90)129-78(66)133-59-31(15-92)131-70(33(48(59)108)81-20(4)93)120-16-32-47(107)65(68(142-75-56(116)51(111)39(99)19(3)123-75)80(132-32)136-60-34(82-21(5)94)69(119)124-26(10-87)42(60)102)139-79-67(141-74-55(115)50(110)38(98)18(2)122-74)64(46(106)30(14-91)130-79)138-72-36(84-23(7)96)62(44(104)28(12-89)126-72)135-77-58(118)53(113)41(101)25(9-86)128-77/h17-19,24-80,85-92,97-119H,8-16H2,1-7H3,(H,81,93)(H,82,94)(H,83,95)(H,84,96)/t17-,18-,19-,24+,25+,26+,27+,28+,29+,30+,31+,32+,33+,34+,35-,36+,37+,38+,39+,40-,41-,42-,43-,44-,45-,46-,47-,48+,49+,50+,51+,52-,53-,54-,55-,56-,57+,58+,59+,60+,61+,62+,63-,64-,65-,66+,67+,68+,69?,70+,71+,72+,73-,74-,75-,76+,77+,78-,79-,80-/m0/s1. The van der Waals surface area contributed by atoms with Crippen molar-refractivity contribution in [2.24, 2.45) is 0 Å². The van der Waals surface area contributed by atoms with Gasteiger partial charge in [-0.2, -0.15) is 0 Å². The molecular formula is C80H134N4O58. The topological polar surface area (TPSA) is 956 Å². The van der Waals surface area contributed by atoms with Gasteiger partial charge in [-0.3, -0.25) is 19.2 Å². The molecule has 1 unspecified atom stereocenters. The van der Waals surface area contributed by atoms with E-state index in [1.54, 1.807) is 0 Å². The fraction of sp³-hybridized carbons (Fsp3) is 0.950. The third-order valence-corrected chi connectivity index (χ3v) is 26.6. The predicted octanol–water partition coefficient (Wildman–Crippen LogP) is -23.5. The number of nitrogens with one attached hydrogen (secondary N) is 4. The van der Waals surface area contributed by atoms with Gasteiger partial charge in [0.15, 0.2) is 75.5 Å². The summed E-state index contributed by atoms with van der Waals surface area (Å²) in [5.41, 5.74) is 0. The fourth-order valence-corrected chi connectivity index (χ4v) is 18.7. The van der Waals surface area contributed by atoms with Crippen molar-refractivity contribution in [3.05, 3.63) is 0 Å². The molecule has 12 fully saturated rings. The zero-order valence-corrected chi connectivity index (χ0v) is 76.9. The van der Waals surface area contributed by atoms with Crippen molar-refractivity contribution in [3.63, 3.8) is 0 Å². The van der Waals surface area contributed by atoms with Crippen LogP contribution in [0.4, 0.5) is 0 Å². The second-order valence-corrected chi connectivity index (χ2v) is 36.5. The molecule has 60 atom stereocenters. The molecule has 12 saturated heterocycles. The Bertz CT molecular complexity index is 3940. The summed E-state index contributed by atoms with van der Waals surface area (Å²) in [6.45, 7) is -3.77. The molecule has 0 spiro atoms. The zero-order valence-electron chi connectivity index (χ0n) is 76.9. The summed E-state index contributed by atoms with van der Waals surface area (Å²) in [6, 6.07) is -8.19. The molecule has 12 heterocycles. The van der Waals surface area contributed by atoms with E-state index < -0.39 is 451 Å². The second-order valence-electron chi connectivity index (χ2n) is 36.5. The van der Waals surface area contributed by atoms with Crippen LogP contribution in [-0.4, -0.2) is 610 Å². The summed E-state index contributed by atoms with van der Waals surface area (Å²) in [5, 5.41) is 362. The maximum Gasteiger partial charge on any atom is 0.217 e. The Labute approximate surface area is 805 Å². The largest absolute Gasteiger partial charge is 0.394 e. The van der Waals surface area contributed by atoms with Crippen LogP contribution < -0.4 is 21.3 Å². The molecule has 822 valence electrons. The minimum atomic E-state index is -2.68. The molecule has 12 rings (SSSR count). The first-order chi connectivity index (χ1) is 67.1. The van der Waals surface area contributed by atoms with E-state index in [1.807, 2.05) is 0 Å². The molecule has 35 N–H and O–H groups in total. The van der Waals surface area contributed by atoms with Gasteiger partial charge < -0.3 is 289 Å². The van der Waals surface area contributed by atoms with Crippen LogP contribution in [0.3, 0.4) is 0 Å². The highest BCUT2D eigenvalue weighted by Gasteiger charge is 2.65. The SMILES string of the molecule is CC(=O)N[C@@H]1[C@@H](O[C@H]2[C@@H](O)[C@@H](CO)O[C@@H](O[C@H]3[C@H](O)[C@@H](NC(C)=O)[C@H](OC[C@H]4O[C@@H](O[C@H]5[C@@H](O)[C@@H](CO)OC(O)[C@@H]5NC(C)=O)[C@H](O[C@@H]5O[C@@H](C)[C@@H](O)[C@@H](O)[C@@H]5O)[C@@H](O[C@@H]5O[C@H](CO)[C@H](O)[C@H](O[C@H]6O[C@H](CO)[C@H](O)[C@H](O[C@H]7O[C@H](CO)[C@H](O)[C@H](O)[C@H]7O)[C@H]6NC(C)=O)[C@H]5O[C@@H]5O[C@@H](C)[C@@H](O)[C@@H](O)[C@@H]5O)[C@H]4O)O[C@@H]3CO)[C@@H]2O[C@@H]2O[C@@H](C)[C@@H](O)[C@@H](O)[C@@H]2O)O[C@H](CO)[C@H](O)[C@@H]1O[C@H]1O[C@H](CO)[C@H](O)[C@H](O)[C@H]1O. The fourth-order valence-electron chi connectivity index (χ4n) is 18.7. The van der Waals surface area contributed by atoms with Gasteiger partial charge in [0.1, 0.15) is 274 Å². The number of hydrogen-bond donors (Lipinski definition) is 35. The Hall–Kier alpha value is -4.28. The molecule has 0 bridgehead atoms. The van der Waals surface area contributed by atoms with Gasteiger partial charge in [0.2, 0.25) is 23.6 Å². The quantitative estimate of drug-likeness (QED) is 0.0280. The molecular weight excluding hydrogens is 1940 g/mol. The molecule has 0 radical (unpaired) electrons. The lowest BCUT2D eigenvalue weighted by Crippen LogP contribution is -2.72. The smallest absolute Gasteiger partial charge is 0.217 e. The lowest BCUT2D eigenvalue weighted by atomic mass is 9.93. The third-order valence-electron chi connectivity index (χ3n) is 26.6. The summed E-state index contributed by atoms with van der Waals surface area (Å²) in [6.07, 6.45) is -123. The number of amides is 4. The Balaban J connectivity index is 0.938. The summed E-state index contributed by atoms with van der Waals surface area (Å²) in [5.74, 6) is -4.08. The highest BCUT2D eigenvalue weighted by atomic mass is 16.8. The summed E-state index contributed by atoms with van der Waals surface area (Å²) >= 11 is 0. The summed E-state index contributed by atoms with van der Waals surface area (Å²) in [7, 11) is 0. The number of carbonyl (C=O) groups excluding carboxylic acids is 4. The lowest BCUT2D eigenvalue weighted by Gasteiger charge is -2.53. The number of aliphatic hydroxyl groups excluding tert-OH is 31. The second kappa shape index (κ2) is 50.3. The van der Waals surface area contributed by atoms with Gasteiger partial charge in [-0.1, -0.05) is 0 Å². The average Bonchev–Trinajstić information content (AvgIpc) is 0.754. The van der Waals surface area contributed by atoms with Crippen LogP contribution in [0.25, 0.3) is 0 Å². The van der Waals surface area contributed by atoms with Crippen molar-refractivity contribution in [1.29, 1.82) is 0 Å². The molecule has 0 aromatic rings. The van der Waals surface area contributed by atoms with E-state index in [1.165, 1.54) is 6.92 Å². The van der Waals surface area contributed by atoms with E-state index in [4.69, 9.17) is 109 Å². The Morgan fingerprint density at radius 3 is 0.746 bits per heavy atom. The van der Waals surface area contributed by atoms with Crippen molar-refractivity contribution in [2.75, 3.05) is 59.5 Å². The van der Waals surface area contributed by atoms with Crippen molar-refractivity contribution in [1.82, 2.24) is 21.3 Å².